The van der Waals surface area contributed by atoms with E-state index in [2.05, 4.69) is 42.5 Å². The monoisotopic (exact) mass is 306 g/mol. The summed E-state index contributed by atoms with van der Waals surface area (Å²) in [5, 5.41) is 0. The number of nitrogens with zero attached hydrogens (tertiary/aromatic N) is 3. The fourth-order valence-electron chi connectivity index (χ4n) is 2.63. The van der Waals surface area contributed by atoms with Gasteiger partial charge in [-0.15, -0.1) is 0 Å². The zero-order valence-corrected chi connectivity index (χ0v) is 14.4. The minimum atomic E-state index is -3.36. The Morgan fingerprint density at radius 1 is 1.20 bits per heavy atom. The fraction of sp³-hybridized carbons (Fsp3) is 1.00. The second kappa shape index (κ2) is 7.17. The third kappa shape index (κ3) is 4.96. The molecular formula is C13H30N4O2S. The van der Waals surface area contributed by atoms with Crippen molar-refractivity contribution >= 4 is 10.2 Å². The van der Waals surface area contributed by atoms with Crippen LogP contribution in [0.4, 0.5) is 0 Å². The fourth-order valence-corrected chi connectivity index (χ4v) is 4.20. The first-order valence-corrected chi connectivity index (χ1v) is 8.75. The third-order valence-corrected chi connectivity index (χ3v) is 5.35. The molecule has 2 atom stereocenters. The van der Waals surface area contributed by atoms with E-state index in [9.17, 15) is 8.42 Å². The molecule has 0 spiro atoms. The average Bonchev–Trinajstić information content (AvgIpc) is 2.25. The molecule has 0 aromatic rings. The number of nitrogens with one attached hydrogen (secondary N) is 1. The van der Waals surface area contributed by atoms with Crippen LogP contribution >= 0.6 is 0 Å². The summed E-state index contributed by atoms with van der Waals surface area (Å²) in [6, 6.07) is 0.405. The van der Waals surface area contributed by atoms with E-state index < -0.39 is 10.2 Å². The van der Waals surface area contributed by atoms with Gasteiger partial charge in [-0.05, 0) is 41.8 Å². The van der Waals surface area contributed by atoms with E-state index in [0.29, 0.717) is 13.1 Å². The van der Waals surface area contributed by atoms with Crippen LogP contribution < -0.4 is 4.72 Å². The zero-order valence-electron chi connectivity index (χ0n) is 13.6. The van der Waals surface area contributed by atoms with E-state index in [1.54, 1.807) is 4.31 Å². The van der Waals surface area contributed by atoms with Crippen molar-refractivity contribution in [2.45, 2.75) is 45.8 Å². The summed E-state index contributed by atoms with van der Waals surface area (Å²) in [5.41, 5.74) is 0. The highest BCUT2D eigenvalue weighted by Crippen LogP contribution is 2.17. The van der Waals surface area contributed by atoms with Gasteiger partial charge < -0.3 is 4.90 Å². The van der Waals surface area contributed by atoms with Gasteiger partial charge in [-0.1, -0.05) is 0 Å². The Morgan fingerprint density at radius 3 is 2.10 bits per heavy atom. The van der Waals surface area contributed by atoms with Gasteiger partial charge in [0.05, 0.1) is 0 Å². The van der Waals surface area contributed by atoms with Crippen LogP contribution in [-0.4, -0.2) is 80.9 Å². The predicted molar refractivity (Wildman–Crippen MR) is 82.9 cm³/mol. The van der Waals surface area contributed by atoms with Crippen molar-refractivity contribution in [1.29, 1.82) is 0 Å². The lowest BCUT2D eigenvalue weighted by Crippen LogP contribution is -2.60. The van der Waals surface area contributed by atoms with Gasteiger partial charge in [-0.2, -0.15) is 17.4 Å². The number of piperazine rings is 1. The molecule has 1 N–H and O–H groups in total. The first kappa shape index (κ1) is 17.8. The quantitative estimate of drug-likeness (QED) is 0.761. The summed E-state index contributed by atoms with van der Waals surface area (Å²) in [5.74, 6) is 0. The van der Waals surface area contributed by atoms with Gasteiger partial charge in [-0.3, -0.25) is 4.90 Å². The first-order valence-electron chi connectivity index (χ1n) is 7.31. The second-order valence-electron chi connectivity index (χ2n) is 6.33. The summed E-state index contributed by atoms with van der Waals surface area (Å²) in [6.45, 7) is 11.0. The lowest BCUT2D eigenvalue weighted by molar-refractivity contribution is 0.0702. The maximum atomic E-state index is 12.2. The van der Waals surface area contributed by atoms with E-state index in [4.69, 9.17) is 0 Å². The Balaban J connectivity index is 2.68. The molecular weight excluding hydrogens is 276 g/mol. The molecule has 1 aliphatic rings. The van der Waals surface area contributed by atoms with Gasteiger partial charge in [0.2, 0.25) is 0 Å². The molecule has 0 amide bonds. The summed E-state index contributed by atoms with van der Waals surface area (Å²) < 4.78 is 28.7. The molecule has 0 radical (unpaired) electrons. The van der Waals surface area contributed by atoms with Gasteiger partial charge in [0.25, 0.3) is 10.2 Å². The van der Waals surface area contributed by atoms with Crippen molar-refractivity contribution in [3.8, 4) is 0 Å². The van der Waals surface area contributed by atoms with Crippen LogP contribution in [0.3, 0.4) is 0 Å². The highest BCUT2D eigenvalue weighted by molar-refractivity contribution is 7.87. The smallest absolute Gasteiger partial charge is 0.279 e. The van der Waals surface area contributed by atoms with Gasteiger partial charge >= 0.3 is 0 Å². The molecule has 120 valence electrons. The van der Waals surface area contributed by atoms with Gasteiger partial charge in [-0.25, -0.2) is 0 Å². The molecule has 0 aliphatic carbocycles. The minimum Gasteiger partial charge on any atom is -0.308 e. The van der Waals surface area contributed by atoms with Crippen LogP contribution in [0.1, 0.15) is 27.7 Å². The van der Waals surface area contributed by atoms with Gasteiger partial charge in [0.1, 0.15) is 0 Å². The second-order valence-corrected chi connectivity index (χ2v) is 8.04. The van der Waals surface area contributed by atoms with Crippen molar-refractivity contribution < 1.29 is 8.42 Å². The Labute approximate surface area is 124 Å². The van der Waals surface area contributed by atoms with E-state index in [0.717, 1.165) is 13.1 Å². The summed E-state index contributed by atoms with van der Waals surface area (Å²) in [7, 11) is 0.759. The maximum absolute atomic E-state index is 12.2. The molecule has 2 unspecified atom stereocenters. The zero-order chi connectivity index (χ0) is 15.5. The molecule has 1 heterocycles. The lowest BCUT2D eigenvalue weighted by atomic mass is 10.1. The normalized spacial score (nSPS) is 26.6. The molecule has 1 saturated heterocycles. The minimum absolute atomic E-state index is 0.0719. The first-order chi connectivity index (χ1) is 9.13. The number of hydrogen-bond acceptors (Lipinski definition) is 4. The third-order valence-electron chi connectivity index (χ3n) is 3.60. The molecule has 1 rings (SSSR count). The van der Waals surface area contributed by atoms with Gasteiger partial charge in [0, 0.05) is 44.3 Å². The van der Waals surface area contributed by atoms with Crippen molar-refractivity contribution in [2.24, 2.45) is 0 Å². The van der Waals surface area contributed by atoms with Gasteiger partial charge in [0.15, 0.2) is 0 Å². The molecule has 0 aromatic heterocycles. The molecule has 0 bridgehead atoms. The molecule has 0 saturated carbocycles. The van der Waals surface area contributed by atoms with Crippen LogP contribution in [0.2, 0.25) is 0 Å². The number of hydrogen-bond donors (Lipinski definition) is 1. The number of likely N-dealkylation sites (N-methyl/N-ethyl adjacent to an activating group) is 1. The average molecular weight is 306 g/mol. The summed E-state index contributed by atoms with van der Waals surface area (Å²) >= 11 is 0. The van der Waals surface area contributed by atoms with Crippen molar-refractivity contribution in [3.05, 3.63) is 0 Å². The summed E-state index contributed by atoms with van der Waals surface area (Å²) in [6.07, 6.45) is 0. The summed E-state index contributed by atoms with van der Waals surface area (Å²) in [4.78, 5) is 4.55. The highest BCUT2D eigenvalue weighted by Gasteiger charge is 2.35. The maximum Gasteiger partial charge on any atom is 0.279 e. The van der Waals surface area contributed by atoms with Crippen LogP contribution in [0.5, 0.6) is 0 Å². The standard InChI is InChI=1S/C13H30N4O2S/c1-11(2)14-20(18,19)16-9-12(3)17(13(4)10-16)8-7-15(5)6/h11-14H,7-10H2,1-6H3. The molecule has 20 heavy (non-hydrogen) atoms. The Morgan fingerprint density at radius 2 is 1.70 bits per heavy atom. The Hall–Kier alpha value is -0.210. The Bertz CT molecular complexity index is 385. The van der Waals surface area contributed by atoms with E-state index in [-0.39, 0.29) is 18.1 Å². The largest absolute Gasteiger partial charge is 0.308 e. The van der Waals surface area contributed by atoms with Crippen LogP contribution in [-0.2, 0) is 10.2 Å². The predicted octanol–water partition coefficient (Wildman–Crippen LogP) is 0.185. The lowest BCUT2D eigenvalue weighted by Gasteiger charge is -2.44. The van der Waals surface area contributed by atoms with E-state index in [1.807, 2.05) is 13.8 Å². The molecule has 1 aliphatic heterocycles. The molecule has 7 heteroatoms. The topological polar surface area (TPSA) is 55.9 Å². The van der Waals surface area contributed by atoms with Crippen LogP contribution in [0, 0.1) is 0 Å². The highest BCUT2D eigenvalue weighted by atomic mass is 32.2. The SMILES string of the molecule is CC(C)NS(=O)(=O)N1CC(C)N(CCN(C)C)C(C)C1. The van der Waals surface area contributed by atoms with E-state index in [1.165, 1.54) is 0 Å². The van der Waals surface area contributed by atoms with Crippen molar-refractivity contribution in [3.63, 3.8) is 0 Å². The van der Waals surface area contributed by atoms with Crippen molar-refractivity contribution in [2.75, 3.05) is 40.3 Å². The van der Waals surface area contributed by atoms with Crippen molar-refractivity contribution in [1.82, 2.24) is 18.8 Å². The number of rotatable bonds is 6. The van der Waals surface area contributed by atoms with E-state index >= 15 is 0 Å². The Kier molecular flexibility index (Phi) is 6.40. The molecule has 0 aromatic carbocycles. The molecule has 6 nitrogen and oxygen atoms in total. The van der Waals surface area contributed by atoms with Crippen LogP contribution in [0.15, 0.2) is 0 Å². The van der Waals surface area contributed by atoms with Crippen LogP contribution in [0.25, 0.3) is 0 Å². The molecule has 1 fully saturated rings.